The number of methoxy groups -OCH3 is 1. The fourth-order valence-corrected chi connectivity index (χ4v) is 4.65. The Bertz CT molecular complexity index is 590. The lowest BCUT2D eigenvalue weighted by Crippen LogP contribution is -2.59. The minimum atomic E-state index is -4.56. The smallest absolute Gasteiger partial charge is 0.410 e. The molecule has 0 aromatic carbocycles. The zero-order valence-corrected chi connectivity index (χ0v) is 15.4. The normalized spacial score (nSPS) is 33.6. The number of likely N-dealkylation sites (tertiary alicyclic amines) is 1. The van der Waals surface area contributed by atoms with Crippen molar-refractivity contribution in [2.75, 3.05) is 13.7 Å². The number of fused-ring (bicyclic) bond motifs is 2. The van der Waals surface area contributed by atoms with Crippen molar-refractivity contribution in [1.29, 1.82) is 0 Å². The Morgan fingerprint density at radius 3 is 2.27 bits per heavy atom. The van der Waals surface area contributed by atoms with Crippen molar-refractivity contribution in [2.24, 2.45) is 5.92 Å². The molecule has 3 rings (SSSR count). The van der Waals surface area contributed by atoms with Gasteiger partial charge in [-0.2, -0.15) is 13.2 Å². The van der Waals surface area contributed by atoms with Crippen LogP contribution in [0.4, 0.5) is 18.0 Å². The van der Waals surface area contributed by atoms with Gasteiger partial charge in [0.15, 0.2) is 0 Å². The van der Waals surface area contributed by atoms with E-state index < -0.39 is 42.3 Å². The van der Waals surface area contributed by atoms with Crippen LogP contribution in [0.15, 0.2) is 0 Å². The van der Waals surface area contributed by atoms with E-state index in [0.717, 1.165) is 0 Å². The van der Waals surface area contributed by atoms with Gasteiger partial charge in [-0.25, -0.2) is 4.79 Å². The van der Waals surface area contributed by atoms with Crippen LogP contribution in [-0.4, -0.2) is 71.5 Å². The standard InChI is InChI=1S/C17H25F3N2O4/c1-16(2,3)26-15(24)22-10-5-9-6-11(22)14(25-4)13(10)21(8-9)12(23)7-17(18,19)20/h9-11,13-14H,5-8H2,1-4H3. The molecule has 148 valence electrons. The SMILES string of the molecule is COC1C2C3CC(CC1N3C(=O)OC(C)(C)C)CN2C(=O)CC(F)(F)F. The first-order valence-corrected chi connectivity index (χ1v) is 8.81. The van der Waals surface area contributed by atoms with Crippen molar-refractivity contribution >= 4 is 12.0 Å². The fraction of sp³-hybridized carbons (Fsp3) is 0.882. The second kappa shape index (κ2) is 6.28. The number of halogens is 3. The summed E-state index contributed by atoms with van der Waals surface area (Å²) in [7, 11) is 1.47. The highest BCUT2D eigenvalue weighted by Crippen LogP contribution is 2.47. The number of carbonyl (C=O) groups is 2. The first kappa shape index (κ1) is 19.3. The molecule has 5 unspecified atom stereocenters. The molecule has 26 heavy (non-hydrogen) atoms. The summed E-state index contributed by atoms with van der Waals surface area (Å²) in [6, 6.07) is -1.22. The van der Waals surface area contributed by atoms with Gasteiger partial charge < -0.3 is 14.4 Å². The Morgan fingerprint density at radius 1 is 1.12 bits per heavy atom. The fourth-order valence-electron chi connectivity index (χ4n) is 4.65. The highest BCUT2D eigenvalue weighted by Gasteiger charge is 2.62. The zero-order chi connectivity index (χ0) is 19.4. The third-order valence-electron chi connectivity index (χ3n) is 5.34. The summed E-state index contributed by atoms with van der Waals surface area (Å²) in [6.07, 6.45) is -5.80. The Balaban J connectivity index is 1.87. The molecular formula is C17H25F3N2O4. The topological polar surface area (TPSA) is 59.1 Å². The van der Waals surface area contributed by atoms with Gasteiger partial charge in [-0.15, -0.1) is 0 Å². The van der Waals surface area contributed by atoms with Crippen LogP contribution < -0.4 is 0 Å². The molecule has 6 nitrogen and oxygen atoms in total. The van der Waals surface area contributed by atoms with Crippen molar-refractivity contribution in [3.63, 3.8) is 0 Å². The van der Waals surface area contributed by atoms with E-state index in [1.807, 2.05) is 0 Å². The number of hydrogen-bond acceptors (Lipinski definition) is 4. The molecule has 3 bridgehead atoms. The van der Waals surface area contributed by atoms with Gasteiger partial charge in [0.2, 0.25) is 5.91 Å². The van der Waals surface area contributed by atoms with Crippen molar-refractivity contribution < 1.29 is 32.2 Å². The molecule has 2 amide bonds. The van der Waals surface area contributed by atoms with Gasteiger partial charge >= 0.3 is 12.3 Å². The molecule has 0 aromatic heterocycles. The summed E-state index contributed by atoms with van der Waals surface area (Å²) >= 11 is 0. The number of amides is 2. The molecule has 0 radical (unpaired) electrons. The van der Waals surface area contributed by atoms with Crippen molar-refractivity contribution in [1.82, 2.24) is 9.80 Å². The molecule has 0 N–H and O–H groups in total. The third kappa shape index (κ3) is 3.50. The number of hydrogen-bond donors (Lipinski definition) is 0. The van der Waals surface area contributed by atoms with Crippen LogP contribution in [0.25, 0.3) is 0 Å². The average molecular weight is 378 g/mol. The van der Waals surface area contributed by atoms with Crippen LogP contribution in [0.1, 0.15) is 40.0 Å². The third-order valence-corrected chi connectivity index (χ3v) is 5.34. The summed E-state index contributed by atoms with van der Waals surface area (Å²) in [5, 5.41) is 0. The first-order valence-electron chi connectivity index (χ1n) is 8.81. The van der Waals surface area contributed by atoms with Gasteiger partial charge in [-0.05, 0) is 39.5 Å². The Labute approximate surface area is 150 Å². The maximum Gasteiger partial charge on any atom is 0.410 e. The predicted octanol–water partition coefficient (Wildman–Crippen LogP) is 2.56. The molecule has 3 saturated heterocycles. The minimum Gasteiger partial charge on any atom is -0.444 e. The quantitative estimate of drug-likeness (QED) is 0.741. The maximum atomic E-state index is 12.7. The number of nitrogens with zero attached hydrogens (tertiary/aromatic N) is 2. The molecule has 0 saturated carbocycles. The van der Waals surface area contributed by atoms with Crippen LogP contribution in [0.3, 0.4) is 0 Å². The lowest BCUT2D eigenvalue weighted by Gasteiger charge is -2.46. The van der Waals surface area contributed by atoms with Gasteiger partial charge in [0.1, 0.15) is 18.1 Å². The Morgan fingerprint density at radius 2 is 1.73 bits per heavy atom. The van der Waals surface area contributed by atoms with E-state index in [0.29, 0.717) is 12.8 Å². The van der Waals surface area contributed by atoms with Gasteiger partial charge in [0, 0.05) is 13.7 Å². The molecule has 3 aliphatic rings. The molecule has 0 spiro atoms. The number of alkyl halides is 3. The van der Waals surface area contributed by atoms with Gasteiger partial charge in [-0.3, -0.25) is 9.69 Å². The van der Waals surface area contributed by atoms with Gasteiger partial charge in [-0.1, -0.05) is 0 Å². The number of rotatable bonds is 2. The highest BCUT2D eigenvalue weighted by molar-refractivity contribution is 5.78. The van der Waals surface area contributed by atoms with Crippen LogP contribution in [-0.2, 0) is 14.3 Å². The highest BCUT2D eigenvalue weighted by atomic mass is 19.4. The lowest BCUT2D eigenvalue weighted by molar-refractivity contribution is -0.167. The van der Waals surface area contributed by atoms with Crippen LogP contribution in [0.2, 0.25) is 0 Å². The van der Waals surface area contributed by atoms with Crippen LogP contribution >= 0.6 is 0 Å². The van der Waals surface area contributed by atoms with Crippen LogP contribution in [0, 0.1) is 5.92 Å². The van der Waals surface area contributed by atoms with E-state index in [2.05, 4.69) is 0 Å². The largest absolute Gasteiger partial charge is 0.444 e. The van der Waals surface area contributed by atoms with E-state index in [1.54, 1.807) is 25.7 Å². The predicted molar refractivity (Wildman–Crippen MR) is 85.3 cm³/mol. The monoisotopic (exact) mass is 378 g/mol. The Hall–Kier alpha value is -1.51. The minimum absolute atomic E-state index is 0.0669. The van der Waals surface area contributed by atoms with Crippen molar-refractivity contribution in [3.8, 4) is 0 Å². The van der Waals surface area contributed by atoms with E-state index in [4.69, 9.17) is 9.47 Å². The lowest BCUT2D eigenvalue weighted by atomic mass is 9.86. The van der Waals surface area contributed by atoms with Crippen molar-refractivity contribution in [3.05, 3.63) is 0 Å². The number of ether oxygens (including phenoxy) is 2. The maximum absolute atomic E-state index is 12.7. The average Bonchev–Trinajstić information content (AvgIpc) is 2.57. The molecule has 5 atom stereocenters. The van der Waals surface area contributed by atoms with E-state index in [-0.39, 0.29) is 24.5 Å². The van der Waals surface area contributed by atoms with Crippen LogP contribution in [0.5, 0.6) is 0 Å². The summed E-state index contributed by atoms with van der Waals surface area (Å²) in [5.74, 6) is -0.886. The second-order valence-corrected chi connectivity index (χ2v) is 8.39. The zero-order valence-electron chi connectivity index (χ0n) is 15.4. The van der Waals surface area contributed by atoms with Gasteiger partial charge in [0.25, 0.3) is 0 Å². The Kier molecular flexibility index (Phi) is 4.65. The first-order chi connectivity index (χ1) is 11.9. The number of piperidine rings is 2. The summed E-state index contributed by atoms with van der Waals surface area (Å²) < 4.78 is 49.2. The number of carbonyl (C=O) groups excluding carboxylic acids is 2. The van der Waals surface area contributed by atoms with E-state index in [1.165, 1.54) is 12.0 Å². The molecule has 3 heterocycles. The summed E-state index contributed by atoms with van der Waals surface area (Å²) in [6.45, 7) is 5.57. The molecule has 3 aliphatic heterocycles. The van der Waals surface area contributed by atoms with Gasteiger partial charge in [0.05, 0.1) is 18.1 Å². The molecule has 0 aromatic rings. The van der Waals surface area contributed by atoms with E-state index in [9.17, 15) is 22.8 Å². The second-order valence-electron chi connectivity index (χ2n) is 8.39. The summed E-state index contributed by atoms with van der Waals surface area (Å²) in [5.41, 5.74) is -0.679. The molecule has 0 aliphatic carbocycles. The van der Waals surface area contributed by atoms with Crippen molar-refractivity contribution in [2.45, 2.75) is 76.0 Å². The van der Waals surface area contributed by atoms with E-state index >= 15 is 0 Å². The molecular weight excluding hydrogens is 353 g/mol. The summed E-state index contributed by atoms with van der Waals surface area (Å²) in [4.78, 5) is 27.9. The molecule has 3 fully saturated rings. The molecule has 9 heteroatoms.